The van der Waals surface area contributed by atoms with E-state index in [1.807, 2.05) is 27.7 Å². The Morgan fingerprint density at radius 1 is 1.29 bits per heavy atom. The molecule has 0 fully saturated rings. The average Bonchev–Trinajstić information content (AvgIpc) is 2.89. The number of thiazole rings is 1. The summed E-state index contributed by atoms with van der Waals surface area (Å²) in [5, 5.41) is 6.07. The van der Waals surface area contributed by atoms with Gasteiger partial charge in [-0.15, -0.1) is 0 Å². The van der Waals surface area contributed by atoms with E-state index in [9.17, 15) is 14.4 Å². The molecule has 6 nitrogen and oxygen atoms in total. The van der Waals surface area contributed by atoms with Gasteiger partial charge in [-0.2, -0.15) is 0 Å². The smallest absolute Gasteiger partial charge is 0.226 e. The standard InChI is InChI=1S/C17H25N3O3S/c1-5-10(4)6-14(22)20-17-19-12-7-11(16(23)18-9(2)3)8-13(21)15(12)24-17/h9-11H,5-8H2,1-4H3,(H,18,23)(H,19,20,22)/t10-,11-/m1/s1. The second-order valence-corrected chi connectivity index (χ2v) is 7.75. The Kier molecular flexibility index (Phi) is 6.10. The fourth-order valence-electron chi connectivity index (χ4n) is 2.60. The van der Waals surface area contributed by atoms with E-state index >= 15 is 0 Å². The number of hydrogen-bond donors (Lipinski definition) is 2. The Balaban J connectivity index is 2.06. The van der Waals surface area contributed by atoms with Crippen molar-refractivity contribution in [1.82, 2.24) is 10.3 Å². The molecule has 1 aromatic heterocycles. The van der Waals surface area contributed by atoms with Gasteiger partial charge in [0.05, 0.1) is 16.5 Å². The number of nitrogens with one attached hydrogen (secondary N) is 2. The highest BCUT2D eigenvalue weighted by atomic mass is 32.1. The number of rotatable bonds is 6. The summed E-state index contributed by atoms with van der Waals surface area (Å²) < 4.78 is 0. The quantitative estimate of drug-likeness (QED) is 0.825. The zero-order valence-corrected chi connectivity index (χ0v) is 15.5. The minimum atomic E-state index is -0.377. The van der Waals surface area contributed by atoms with Gasteiger partial charge in [-0.05, 0) is 19.8 Å². The number of Topliss-reactive ketones (excluding diaryl/α,β-unsaturated/α-hetero) is 1. The van der Waals surface area contributed by atoms with Crippen LogP contribution in [0.2, 0.25) is 0 Å². The SMILES string of the molecule is CC[C@@H](C)CC(=O)Nc1nc2c(s1)C(=O)C[C@H](C(=O)NC(C)C)C2. The average molecular weight is 351 g/mol. The second kappa shape index (κ2) is 7.88. The van der Waals surface area contributed by atoms with Crippen molar-refractivity contribution in [2.24, 2.45) is 11.8 Å². The van der Waals surface area contributed by atoms with E-state index < -0.39 is 0 Å². The lowest BCUT2D eigenvalue weighted by atomic mass is 9.89. The van der Waals surface area contributed by atoms with Gasteiger partial charge in [0.2, 0.25) is 11.8 Å². The topological polar surface area (TPSA) is 88.2 Å². The number of fused-ring (bicyclic) bond motifs is 1. The number of aromatic nitrogens is 1. The molecule has 0 aromatic carbocycles. The third kappa shape index (κ3) is 4.63. The molecule has 0 saturated carbocycles. The number of carbonyl (C=O) groups is 3. The molecule has 1 aromatic rings. The number of ketones is 1. The number of amides is 2. The Morgan fingerprint density at radius 2 is 2.00 bits per heavy atom. The maximum absolute atomic E-state index is 12.3. The van der Waals surface area contributed by atoms with Crippen molar-refractivity contribution in [3.63, 3.8) is 0 Å². The van der Waals surface area contributed by atoms with Crippen LogP contribution in [0.3, 0.4) is 0 Å². The van der Waals surface area contributed by atoms with Gasteiger partial charge < -0.3 is 10.6 Å². The van der Waals surface area contributed by atoms with Gasteiger partial charge in [0.25, 0.3) is 0 Å². The van der Waals surface area contributed by atoms with Crippen LogP contribution in [-0.4, -0.2) is 28.6 Å². The first-order valence-corrected chi connectivity index (χ1v) is 9.24. The first-order valence-electron chi connectivity index (χ1n) is 8.43. The molecule has 1 heterocycles. The van der Waals surface area contributed by atoms with Gasteiger partial charge in [0.15, 0.2) is 10.9 Å². The van der Waals surface area contributed by atoms with Gasteiger partial charge in [-0.1, -0.05) is 31.6 Å². The summed E-state index contributed by atoms with van der Waals surface area (Å²) in [7, 11) is 0. The predicted molar refractivity (Wildman–Crippen MR) is 94.2 cm³/mol. The third-order valence-electron chi connectivity index (χ3n) is 4.10. The summed E-state index contributed by atoms with van der Waals surface area (Å²) in [5.74, 6) is -0.333. The van der Waals surface area contributed by atoms with E-state index in [1.165, 1.54) is 11.3 Å². The van der Waals surface area contributed by atoms with Crippen LogP contribution < -0.4 is 10.6 Å². The van der Waals surface area contributed by atoms with Crippen LogP contribution in [0.15, 0.2) is 0 Å². The van der Waals surface area contributed by atoms with Gasteiger partial charge >= 0.3 is 0 Å². The van der Waals surface area contributed by atoms with Crippen molar-refractivity contribution in [2.75, 3.05) is 5.32 Å². The molecule has 132 valence electrons. The third-order valence-corrected chi connectivity index (χ3v) is 5.16. The highest BCUT2D eigenvalue weighted by Gasteiger charge is 2.33. The molecule has 0 spiro atoms. The lowest BCUT2D eigenvalue weighted by Gasteiger charge is -2.20. The number of nitrogens with zero attached hydrogens (tertiary/aromatic N) is 1. The Bertz CT molecular complexity index is 639. The van der Waals surface area contributed by atoms with Crippen molar-refractivity contribution in [1.29, 1.82) is 0 Å². The van der Waals surface area contributed by atoms with Crippen molar-refractivity contribution >= 4 is 34.1 Å². The monoisotopic (exact) mass is 351 g/mol. The highest BCUT2D eigenvalue weighted by molar-refractivity contribution is 7.17. The molecule has 0 aliphatic heterocycles. The van der Waals surface area contributed by atoms with E-state index in [1.54, 1.807) is 0 Å². The van der Waals surface area contributed by atoms with Crippen LogP contribution in [0.25, 0.3) is 0 Å². The Hall–Kier alpha value is -1.76. The molecular formula is C17H25N3O3S. The first-order chi connectivity index (χ1) is 11.3. The minimum absolute atomic E-state index is 0.0415. The zero-order chi connectivity index (χ0) is 17.9. The van der Waals surface area contributed by atoms with Gasteiger partial charge in [0, 0.05) is 25.3 Å². The van der Waals surface area contributed by atoms with Crippen molar-refractivity contribution in [3.05, 3.63) is 10.6 Å². The summed E-state index contributed by atoms with van der Waals surface area (Å²) in [6.07, 6.45) is 2.02. The van der Waals surface area contributed by atoms with E-state index in [2.05, 4.69) is 15.6 Å². The molecule has 1 aliphatic rings. The zero-order valence-electron chi connectivity index (χ0n) is 14.6. The molecule has 1 aliphatic carbocycles. The molecule has 7 heteroatoms. The largest absolute Gasteiger partial charge is 0.354 e. The maximum Gasteiger partial charge on any atom is 0.226 e. The summed E-state index contributed by atoms with van der Waals surface area (Å²) in [6.45, 7) is 7.85. The summed E-state index contributed by atoms with van der Waals surface area (Å²) in [5.41, 5.74) is 0.624. The van der Waals surface area contributed by atoms with Crippen molar-refractivity contribution < 1.29 is 14.4 Å². The lowest BCUT2D eigenvalue weighted by molar-refractivity contribution is -0.125. The molecule has 2 N–H and O–H groups in total. The number of carbonyl (C=O) groups excluding carboxylic acids is 3. The molecule has 0 unspecified atom stereocenters. The number of anilines is 1. The van der Waals surface area contributed by atoms with Gasteiger partial charge in [-0.3, -0.25) is 14.4 Å². The molecule has 0 saturated heterocycles. The first kappa shape index (κ1) is 18.6. The van der Waals surface area contributed by atoms with E-state index in [4.69, 9.17) is 0 Å². The normalized spacial score (nSPS) is 18.2. The van der Waals surface area contributed by atoms with Crippen LogP contribution in [0.1, 0.15) is 62.3 Å². The van der Waals surface area contributed by atoms with Crippen LogP contribution in [0, 0.1) is 11.8 Å². The summed E-state index contributed by atoms with van der Waals surface area (Å²) in [6, 6.07) is 0.0415. The van der Waals surface area contributed by atoms with Crippen LogP contribution in [-0.2, 0) is 16.0 Å². The fourth-order valence-corrected chi connectivity index (χ4v) is 3.56. The molecule has 2 amide bonds. The Morgan fingerprint density at radius 3 is 2.62 bits per heavy atom. The molecular weight excluding hydrogens is 326 g/mol. The van der Waals surface area contributed by atoms with E-state index in [0.29, 0.717) is 34.5 Å². The van der Waals surface area contributed by atoms with Gasteiger partial charge in [-0.25, -0.2) is 4.98 Å². The summed E-state index contributed by atoms with van der Waals surface area (Å²) in [4.78, 5) is 41.4. The van der Waals surface area contributed by atoms with Crippen molar-refractivity contribution in [2.45, 2.75) is 59.4 Å². The molecule has 0 bridgehead atoms. The predicted octanol–water partition coefficient (Wildman–Crippen LogP) is 2.79. The van der Waals surface area contributed by atoms with E-state index in [0.717, 1.165) is 6.42 Å². The molecule has 24 heavy (non-hydrogen) atoms. The lowest BCUT2D eigenvalue weighted by Crippen LogP contribution is -2.39. The Labute approximate surface area is 146 Å². The van der Waals surface area contributed by atoms with Gasteiger partial charge in [0.1, 0.15) is 0 Å². The van der Waals surface area contributed by atoms with Crippen LogP contribution in [0.4, 0.5) is 5.13 Å². The molecule has 2 rings (SSSR count). The maximum atomic E-state index is 12.3. The highest BCUT2D eigenvalue weighted by Crippen LogP contribution is 2.32. The molecule has 0 radical (unpaired) electrons. The van der Waals surface area contributed by atoms with Crippen LogP contribution >= 0.6 is 11.3 Å². The fraction of sp³-hybridized carbons (Fsp3) is 0.647. The van der Waals surface area contributed by atoms with Crippen LogP contribution in [0.5, 0.6) is 0 Å². The molecule has 2 atom stereocenters. The minimum Gasteiger partial charge on any atom is -0.354 e. The second-order valence-electron chi connectivity index (χ2n) is 6.75. The summed E-state index contributed by atoms with van der Waals surface area (Å²) >= 11 is 1.21. The van der Waals surface area contributed by atoms with E-state index in [-0.39, 0.29) is 36.0 Å². The number of hydrogen-bond acceptors (Lipinski definition) is 5. The van der Waals surface area contributed by atoms with Crippen molar-refractivity contribution in [3.8, 4) is 0 Å².